The first-order chi connectivity index (χ1) is 12.4. The normalized spacial score (nSPS) is 10.2. The predicted molar refractivity (Wildman–Crippen MR) is 84.4 cm³/mol. The van der Waals surface area contributed by atoms with Crippen molar-refractivity contribution in [2.75, 3.05) is 25.6 Å². The maximum Gasteiger partial charge on any atom is 0.344 e. The maximum absolute atomic E-state index is 13.4. The van der Waals surface area contributed by atoms with Crippen LogP contribution >= 0.6 is 0 Å². The van der Waals surface area contributed by atoms with E-state index in [2.05, 4.69) is 4.74 Å². The minimum atomic E-state index is -1.72. The Bertz CT molecular complexity index is 796. The van der Waals surface area contributed by atoms with E-state index in [4.69, 9.17) is 9.47 Å². The number of rotatable bonds is 7. The topological polar surface area (TPSA) is 73.9 Å². The van der Waals surface area contributed by atoms with Gasteiger partial charge in [-0.15, -0.1) is 0 Å². The molecular formula is C17H14F3NO5. The van der Waals surface area contributed by atoms with Crippen LogP contribution in [0, 0.1) is 17.5 Å². The number of hydrogen-bond donors (Lipinski definition) is 1. The Morgan fingerprint density at radius 3 is 2.23 bits per heavy atom. The molecule has 2 aromatic rings. The molecule has 1 amide bonds. The van der Waals surface area contributed by atoms with E-state index in [1.807, 2.05) is 5.32 Å². The summed E-state index contributed by atoms with van der Waals surface area (Å²) in [5.74, 6) is -5.42. The van der Waals surface area contributed by atoms with Crippen LogP contribution < -0.4 is 14.8 Å². The largest absolute Gasteiger partial charge is 0.497 e. The number of nitrogens with one attached hydrogen (secondary N) is 1. The van der Waals surface area contributed by atoms with Crippen molar-refractivity contribution >= 4 is 17.6 Å². The van der Waals surface area contributed by atoms with E-state index >= 15 is 0 Å². The fraction of sp³-hybridized carbons (Fsp3) is 0.176. The Labute approximate surface area is 146 Å². The van der Waals surface area contributed by atoms with Gasteiger partial charge in [-0.3, -0.25) is 4.79 Å². The third-order valence-electron chi connectivity index (χ3n) is 3.09. The molecule has 2 aromatic carbocycles. The van der Waals surface area contributed by atoms with E-state index in [9.17, 15) is 22.8 Å². The lowest BCUT2D eigenvalue weighted by atomic mass is 10.3. The van der Waals surface area contributed by atoms with E-state index in [1.165, 1.54) is 7.11 Å². The number of ether oxygens (including phenoxy) is 3. The Morgan fingerprint density at radius 2 is 1.58 bits per heavy atom. The number of methoxy groups -OCH3 is 1. The van der Waals surface area contributed by atoms with Crippen molar-refractivity contribution in [1.29, 1.82) is 0 Å². The minimum absolute atomic E-state index is 0.385. The summed E-state index contributed by atoms with van der Waals surface area (Å²) in [4.78, 5) is 23.1. The lowest BCUT2D eigenvalue weighted by Crippen LogP contribution is -2.24. The van der Waals surface area contributed by atoms with Crippen molar-refractivity contribution in [3.63, 3.8) is 0 Å². The highest BCUT2D eigenvalue weighted by atomic mass is 19.2. The van der Waals surface area contributed by atoms with Crippen LogP contribution in [-0.2, 0) is 14.3 Å². The highest BCUT2D eigenvalue weighted by molar-refractivity contribution is 5.93. The molecule has 6 nitrogen and oxygen atoms in total. The quantitative estimate of drug-likeness (QED) is 0.600. The first-order valence-corrected chi connectivity index (χ1v) is 7.26. The molecule has 0 saturated carbocycles. The summed E-state index contributed by atoms with van der Waals surface area (Å²) in [7, 11) is 1.50. The molecule has 0 aliphatic rings. The number of benzene rings is 2. The Balaban J connectivity index is 1.77. The van der Waals surface area contributed by atoms with Crippen LogP contribution in [0.4, 0.5) is 18.9 Å². The predicted octanol–water partition coefficient (Wildman–Crippen LogP) is 2.67. The number of amides is 1. The van der Waals surface area contributed by atoms with Gasteiger partial charge < -0.3 is 19.5 Å². The second-order valence-corrected chi connectivity index (χ2v) is 4.90. The average molecular weight is 369 g/mol. The van der Waals surface area contributed by atoms with Gasteiger partial charge in [0.2, 0.25) is 0 Å². The molecule has 0 unspecified atom stereocenters. The lowest BCUT2D eigenvalue weighted by Gasteiger charge is -2.09. The molecule has 0 aromatic heterocycles. The molecule has 0 spiro atoms. The molecule has 0 aliphatic heterocycles. The van der Waals surface area contributed by atoms with E-state index in [-0.39, 0.29) is 0 Å². The number of carbonyl (C=O) groups excluding carboxylic acids is 2. The van der Waals surface area contributed by atoms with Gasteiger partial charge in [0, 0.05) is 0 Å². The van der Waals surface area contributed by atoms with Gasteiger partial charge in [-0.25, -0.2) is 18.0 Å². The van der Waals surface area contributed by atoms with Gasteiger partial charge in [-0.05, 0) is 36.4 Å². The van der Waals surface area contributed by atoms with Crippen LogP contribution in [0.25, 0.3) is 0 Å². The standard InChI is InChI=1S/C17H14F3NO5/c1-24-10-2-4-11(5-3-10)25-9-15(23)26-8-14(22)21-13-7-6-12(18)16(19)17(13)20/h2-7H,8-9H2,1H3,(H,21,22). The molecule has 2 rings (SSSR count). The number of halogens is 3. The number of anilines is 1. The van der Waals surface area contributed by atoms with Crippen molar-refractivity contribution in [3.8, 4) is 11.5 Å². The van der Waals surface area contributed by atoms with Crippen molar-refractivity contribution < 1.29 is 37.0 Å². The summed E-state index contributed by atoms with van der Waals surface area (Å²) in [5, 5.41) is 1.97. The van der Waals surface area contributed by atoms with Gasteiger partial charge in [-0.2, -0.15) is 0 Å². The van der Waals surface area contributed by atoms with Crippen molar-refractivity contribution in [3.05, 3.63) is 53.8 Å². The summed E-state index contributed by atoms with van der Waals surface area (Å²) in [6.45, 7) is -1.21. The Morgan fingerprint density at radius 1 is 0.923 bits per heavy atom. The Hall–Kier alpha value is -3.23. The highest BCUT2D eigenvalue weighted by Crippen LogP contribution is 2.19. The molecule has 26 heavy (non-hydrogen) atoms. The van der Waals surface area contributed by atoms with Gasteiger partial charge in [0.15, 0.2) is 30.7 Å². The second kappa shape index (κ2) is 8.75. The van der Waals surface area contributed by atoms with Gasteiger partial charge in [0.05, 0.1) is 12.8 Å². The lowest BCUT2D eigenvalue weighted by molar-refractivity contribution is -0.149. The van der Waals surface area contributed by atoms with Gasteiger partial charge in [-0.1, -0.05) is 0 Å². The van der Waals surface area contributed by atoms with Crippen molar-refractivity contribution in [2.45, 2.75) is 0 Å². The monoisotopic (exact) mass is 369 g/mol. The SMILES string of the molecule is COc1ccc(OCC(=O)OCC(=O)Nc2ccc(F)c(F)c2F)cc1. The molecule has 138 valence electrons. The molecule has 0 atom stereocenters. The summed E-state index contributed by atoms with van der Waals surface area (Å²) in [6, 6.07) is 7.91. The summed E-state index contributed by atoms with van der Waals surface area (Å²) >= 11 is 0. The van der Waals surface area contributed by atoms with E-state index < -0.39 is 48.2 Å². The molecule has 1 N–H and O–H groups in total. The maximum atomic E-state index is 13.4. The summed E-state index contributed by atoms with van der Waals surface area (Å²) in [5.41, 5.74) is -0.570. The van der Waals surface area contributed by atoms with Crippen LogP contribution in [0.5, 0.6) is 11.5 Å². The Kier molecular flexibility index (Phi) is 6.42. The number of carbonyl (C=O) groups is 2. The average Bonchev–Trinajstić information content (AvgIpc) is 2.65. The van der Waals surface area contributed by atoms with Crippen LogP contribution in [0.1, 0.15) is 0 Å². The van der Waals surface area contributed by atoms with E-state index in [0.29, 0.717) is 17.6 Å². The zero-order valence-corrected chi connectivity index (χ0v) is 13.6. The fourth-order valence-corrected chi connectivity index (χ4v) is 1.81. The third kappa shape index (κ3) is 5.13. The molecule has 0 bridgehead atoms. The summed E-state index contributed by atoms with van der Waals surface area (Å²) in [6.07, 6.45) is 0. The molecule has 0 fully saturated rings. The van der Waals surface area contributed by atoms with Crippen LogP contribution in [0.2, 0.25) is 0 Å². The van der Waals surface area contributed by atoms with E-state index in [1.54, 1.807) is 24.3 Å². The molecule has 0 heterocycles. The smallest absolute Gasteiger partial charge is 0.344 e. The van der Waals surface area contributed by atoms with Crippen molar-refractivity contribution in [2.24, 2.45) is 0 Å². The first kappa shape index (κ1) is 19.1. The van der Waals surface area contributed by atoms with Crippen LogP contribution in [0.3, 0.4) is 0 Å². The number of hydrogen-bond acceptors (Lipinski definition) is 5. The summed E-state index contributed by atoms with van der Waals surface area (Å²) < 4.78 is 54.0. The molecule has 0 radical (unpaired) electrons. The fourth-order valence-electron chi connectivity index (χ4n) is 1.81. The minimum Gasteiger partial charge on any atom is -0.497 e. The van der Waals surface area contributed by atoms with Gasteiger partial charge in [0.1, 0.15) is 11.5 Å². The highest BCUT2D eigenvalue weighted by Gasteiger charge is 2.16. The molecule has 0 aliphatic carbocycles. The van der Waals surface area contributed by atoms with Crippen LogP contribution in [0.15, 0.2) is 36.4 Å². The van der Waals surface area contributed by atoms with Gasteiger partial charge >= 0.3 is 5.97 Å². The second-order valence-electron chi connectivity index (χ2n) is 4.90. The third-order valence-corrected chi connectivity index (χ3v) is 3.09. The molecular weight excluding hydrogens is 355 g/mol. The van der Waals surface area contributed by atoms with E-state index in [0.717, 1.165) is 6.07 Å². The van der Waals surface area contributed by atoms with Crippen LogP contribution in [-0.4, -0.2) is 32.2 Å². The molecule has 0 saturated heterocycles. The number of esters is 1. The first-order valence-electron chi connectivity index (χ1n) is 7.26. The zero-order valence-electron chi connectivity index (χ0n) is 13.6. The molecule has 9 heteroatoms. The zero-order chi connectivity index (χ0) is 19.1. The van der Waals surface area contributed by atoms with Crippen molar-refractivity contribution in [1.82, 2.24) is 0 Å². The van der Waals surface area contributed by atoms with Gasteiger partial charge in [0.25, 0.3) is 5.91 Å².